The summed E-state index contributed by atoms with van der Waals surface area (Å²) in [4.78, 5) is 86.4. The van der Waals surface area contributed by atoms with E-state index in [0.29, 0.717) is 0 Å². The second kappa shape index (κ2) is 14.7. The van der Waals surface area contributed by atoms with Crippen LogP contribution in [0.15, 0.2) is 0 Å². The van der Waals surface area contributed by atoms with Crippen LogP contribution in [-0.4, -0.2) is 95.8 Å². The zero-order valence-electron chi connectivity index (χ0n) is 16.4. The number of rotatable bonds is 0. The average Bonchev–Trinajstić information content (AvgIpc) is 1.79. The molecule has 0 amide bonds. The van der Waals surface area contributed by atoms with E-state index >= 15 is 0 Å². The van der Waals surface area contributed by atoms with Gasteiger partial charge in [0.1, 0.15) is 0 Å². The molecule has 0 unspecified atom stereocenters. The third kappa shape index (κ3) is 30400. The molecule has 0 heterocycles. The van der Waals surface area contributed by atoms with E-state index in [-0.39, 0.29) is 0 Å². The van der Waals surface area contributed by atoms with Crippen LogP contribution >= 0.6 is 0 Å². The molecule has 0 rings (SSSR count). The molecule has 0 aromatic heterocycles. The first-order chi connectivity index (χ1) is 10.0. The zero-order valence-corrected chi connectivity index (χ0v) is 21.4. The maximum atomic E-state index is 8.66. The van der Waals surface area contributed by atoms with Crippen LogP contribution in [0, 0.1) is 0 Å². The standard InChI is InChI=1S/2C3H10OSi.C2H8O2Si.CH6O3Si.H4O4Si/c5*1-5(2,3)4/h2*4H,1-3H3;3-4H,1-2H3;2-4H,1H3;1-4H. The molecule has 11 nitrogen and oxygen atoms in total. The molecule has 0 spiro atoms. The van der Waals surface area contributed by atoms with Gasteiger partial charge >= 0.3 is 26.4 Å². The Morgan fingerprint density at radius 1 is 0.360 bits per heavy atom. The average molecular weight is 463 g/mol. The monoisotopic (exact) mass is 462 g/mol. The summed E-state index contributed by atoms with van der Waals surface area (Å²) >= 11 is 0. The molecule has 0 fully saturated rings. The van der Waals surface area contributed by atoms with Crippen molar-refractivity contribution >= 4 is 43.0 Å². The van der Waals surface area contributed by atoms with Gasteiger partial charge in [0.2, 0.25) is 0 Å². The highest BCUT2D eigenvalue weighted by Crippen LogP contribution is 1.89. The molecule has 0 aliphatic heterocycles. The first-order valence-corrected chi connectivity index (χ1v) is 20.9. The maximum absolute atomic E-state index is 8.66. The summed E-state index contributed by atoms with van der Waals surface area (Å²) < 4.78 is 0. The van der Waals surface area contributed by atoms with E-state index in [0.717, 1.165) is 6.55 Å². The summed E-state index contributed by atoms with van der Waals surface area (Å²) in [5.74, 6) is 0. The minimum atomic E-state index is -4.61. The second-order valence-corrected chi connectivity index (χ2v) is 22.2. The number of hydrogen-bond donors (Lipinski definition) is 11. The van der Waals surface area contributed by atoms with E-state index in [2.05, 4.69) is 0 Å². The van der Waals surface area contributed by atoms with E-state index < -0.39 is 43.0 Å². The van der Waals surface area contributed by atoms with Crippen molar-refractivity contribution in [3.63, 3.8) is 0 Å². The van der Waals surface area contributed by atoms with Gasteiger partial charge in [0, 0.05) is 6.55 Å². The molecule has 160 valence electrons. The van der Waals surface area contributed by atoms with Crippen LogP contribution in [-0.2, 0) is 0 Å². The van der Waals surface area contributed by atoms with E-state index in [4.69, 9.17) is 52.8 Å². The molecule has 0 aliphatic rings. The van der Waals surface area contributed by atoms with Crippen LogP contribution in [0.5, 0.6) is 0 Å². The van der Waals surface area contributed by atoms with Gasteiger partial charge in [-0.2, -0.15) is 0 Å². The molecule has 25 heavy (non-hydrogen) atoms. The Morgan fingerprint density at radius 3 is 0.360 bits per heavy atom. The third-order valence-electron chi connectivity index (χ3n) is 0. The molecule has 0 radical (unpaired) electrons. The van der Waals surface area contributed by atoms with E-state index in [1.165, 1.54) is 13.1 Å². The fraction of sp³-hybridized carbons (Fsp3) is 1.00. The molecule has 0 aliphatic carbocycles. The molecule has 11 N–H and O–H groups in total. The van der Waals surface area contributed by atoms with Gasteiger partial charge in [0.05, 0.1) is 0 Å². The van der Waals surface area contributed by atoms with Crippen molar-refractivity contribution in [3.05, 3.63) is 0 Å². The predicted octanol–water partition coefficient (Wildman–Crippen LogP) is -2.78. The van der Waals surface area contributed by atoms with Crippen LogP contribution in [0.1, 0.15) is 0 Å². The Hall–Kier alpha value is 0.644. The Balaban J connectivity index is -0.0000000667. The highest BCUT2D eigenvalue weighted by Gasteiger charge is 2.22. The van der Waals surface area contributed by atoms with Gasteiger partial charge in [-0.25, -0.2) is 0 Å². The van der Waals surface area contributed by atoms with E-state index in [1.54, 1.807) is 0 Å². The van der Waals surface area contributed by atoms with Gasteiger partial charge in [-0.3, -0.25) is 0 Å². The normalized spacial score (nSPS) is 12.0. The lowest BCUT2D eigenvalue weighted by molar-refractivity contribution is 0.117. The van der Waals surface area contributed by atoms with Crippen LogP contribution in [0.2, 0.25) is 58.9 Å². The van der Waals surface area contributed by atoms with Crippen molar-refractivity contribution in [2.75, 3.05) is 0 Å². The van der Waals surface area contributed by atoms with Gasteiger partial charge in [0.25, 0.3) is 0 Å². The molecule has 0 bridgehead atoms. The Kier molecular flexibility index (Phi) is 21.4. The topological polar surface area (TPSA) is 223 Å². The minimum Gasteiger partial charge on any atom is -0.433 e. The summed E-state index contributed by atoms with van der Waals surface area (Å²) in [6, 6.07) is 0. The molecule has 0 saturated heterocycles. The van der Waals surface area contributed by atoms with Crippen molar-refractivity contribution in [1.29, 1.82) is 0 Å². The molecular formula is C9H38O11Si5. The van der Waals surface area contributed by atoms with Gasteiger partial charge in [-0.1, -0.05) is 0 Å². The Labute approximate surface area is 155 Å². The highest BCUT2D eigenvalue weighted by molar-refractivity contribution is 6.68. The van der Waals surface area contributed by atoms with E-state index in [1.807, 2.05) is 39.3 Å². The van der Waals surface area contributed by atoms with E-state index in [9.17, 15) is 0 Å². The van der Waals surface area contributed by atoms with Crippen LogP contribution in [0.4, 0.5) is 0 Å². The quantitative estimate of drug-likeness (QED) is 0.165. The number of hydrogen-bond acceptors (Lipinski definition) is 11. The summed E-state index contributed by atoms with van der Waals surface area (Å²) in [5.41, 5.74) is 0. The van der Waals surface area contributed by atoms with Gasteiger partial charge in [-0.15, -0.1) is 0 Å². The molecule has 0 atom stereocenters. The van der Waals surface area contributed by atoms with Crippen molar-refractivity contribution in [2.45, 2.75) is 58.9 Å². The van der Waals surface area contributed by atoms with Crippen molar-refractivity contribution in [1.82, 2.24) is 0 Å². The predicted molar refractivity (Wildman–Crippen MR) is 106 cm³/mol. The summed E-state index contributed by atoms with van der Waals surface area (Å²) in [6.45, 7) is 15.2. The Morgan fingerprint density at radius 2 is 0.360 bits per heavy atom. The molecule has 0 aromatic carbocycles. The SMILES string of the molecule is C[Si](C)(C)O.C[Si](C)(C)O.C[Si](C)(O)O.C[Si](O)(O)O.O[Si](O)(O)O. The van der Waals surface area contributed by atoms with Gasteiger partial charge < -0.3 is 52.8 Å². The summed E-state index contributed by atoms with van der Waals surface area (Å²) in [5, 5.41) is 0. The summed E-state index contributed by atoms with van der Waals surface area (Å²) in [7, 11) is -14.1. The largest absolute Gasteiger partial charge is 0.668 e. The first-order valence-electron chi connectivity index (χ1n) is 6.96. The van der Waals surface area contributed by atoms with Gasteiger partial charge in [0.15, 0.2) is 16.6 Å². The van der Waals surface area contributed by atoms with Crippen molar-refractivity contribution < 1.29 is 52.8 Å². The van der Waals surface area contributed by atoms with Crippen LogP contribution < -0.4 is 0 Å². The van der Waals surface area contributed by atoms with Crippen LogP contribution in [0.3, 0.4) is 0 Å². The lowest BCUT2D eigenvalue weighted by atomic mass is 11.8. The lowest BCUT2D eigenvalue weighted by Crippen LogP contribution is -2.33. The minimum absolute atomic E-state index is 0.993. The first kappa shape index (κ1) is 36.5. The molecule has 0 saturated carbocycles. The molecular weight excluding hydrogens is 425 g/mol. The van der Waals surface area contributed by atoms with Crippen molar-refractivity contribution in [2.24, 2.45) is 0 Å². The Bertz CT molecular complexity index is 185. The van der Waals surface area contributed by atoms with Crippen molar-refractivity contribution in [3.8, 4) is 0 Å². The molecule has 0 aromatic rings. The fourth-order valence-electron chi connectivity index (χ4n) is 0. The van der Waals surface area contributed by atoms with Gasteiger partial charge in [-0.05, 0) is 52.4 Å². The fourth-order valence-corrected chi connectivity index (χ4v) is 0. The summed E-state index contributed by atoms with van der Waals surface area (Å²) in [6.07, 6.45) is 0. The second-order valence-electron chi connectivity index (χ2n) is 7.41. The smallest absolute Gasteiger partial charge is 0.433 e. The molecule has 16 heteroatoms. The van der Waals surface area contributed by atoms with Crippen LogP contribution in [0.25, 0.3) is 0 Å². The lowest BCUT2D eigenvalue weighted by Gasteiger charge is -2.00. The third-order valence-corrected chi connectivity index (χ3v) is 0. The zero-order chi connectivity index (χ0) is 22.5. The maximum Gasteiger partial charge on any atom is 0.668 e. The highest BCUT2D eigenvalue weighted by atomic mass is 28.4.